The number of nitrogens with zero attached hydrogens (tertiary/aromatic N) is 1. The Kier molecular flexibility index (Phi) is 2.62. The summed E-state index contributed by atoms with van der Waals surface area (Å²) in [4.78, 5) is 0. The second-order valence-corrected chi connectivity index (χ2v) is 2.79. The van der Waals surface area contributed by atoms with Gasteiger partial charge in [-0.15, -0.1) is 0 Å². The van der Waals surface area contributed by atoms with E-state index >= 15 is 0 Å². The zero-order chi connectivity index (χ0) is 9.64. The Labute approximate surface area is 82.1 Å². The van der Waals surface area contributed by atoms with E-state index in [0.717, 1.165) is 11.3 Å². The average Bonchev–Trinajstić information content (AvgIpc) is 2.72. The standard InChI is InChI=1S/C11H10N2O/c1-2-4-11(5-3-1)13-12-8-10-6-7-14-9-10/h1-9,13H/b12-8+. The Balaban J connectivity index is 1.95. The Morgan fingerprint density at radius 3 is 2.71 bits per heavy atom. The van der Waals surface area contributed by atoms with Crippen molar-refractivity contribution < 1.29 is 4.42 Å². The summed E-state index contributed by atoms with van der Waals surface area (Å²) >= 11 is 0. The molecule has 0 saturated carbocycles. The maximum Gasteiger partial charge on any atom is 0.0991 e. The molecule has 3 heteroatoms. The summed E-state index contributed by atoms with van der Waals surface area (Å²) in [6.07, 6.45) is 4.95. The van der Waals surface area contributed by atoms with Gasteiger partial charge in [0.2, 0.25) is 0 Å². The summed E-state index contributed by atoms with van der Waals surface area (Å²) < 4.78 is 4.90. The van der Waals surface area contributed by atoms with Crippen LogP contribution in [0.3, 0.4) is 0 Å². The van der Waals surface area contributed by atoms with E-state index in [9.17, 15) is 0 Å². The van der Waals surface area contributed by atoms with Crippen molar-refractivity contribution in [3.8, 4) is 0 Å². The van der Waals surface area contributed by atoms with Gasteiger partial charge in [-0.1, -0.05) is 18.2 Å². The Morgan fingerprint density at radius 1 is 1.14 bits per heavy atom. The molecule has 0 aliphatic heterocycles. The number of furan rings is 1. The van der Waals surface area contributed by atoms with E-state index in [2.05, 4.69) is 10.5 Å². The molecular formula is C11H10N2O. The summed E-state index contributed by atoms with van der Waals surface area (Å²) in [6, 6.07) is 11.6. The number of nitrogens with one attached hydrogen (secondary N) is 1. The number of rotatable bonds is 3. The summed E-state index contributed by atoms with van der Waals surface area (Å²) in [6.45, 7) is 0. The minimum absolute atomic E-state index is 0.938. The van der Waals surface area contributed by atoms with Crippen LogP contribution in [-0.4, -0.2) is 6.21 Å². The van der Waals surface area contributed by atoms with Gasteiger partial charge < -0.3 is 4.42 Å². The van der Waals surface area contributed by atoms with Crippen LogP contribution in [-0.2, 0) is 0 Å². The Hall–Kier alpha value is -2.03. The van der Waals surface area contributed by atoms with Gasteiger partial charge in [-0.2, -0.15) is 5.10 Å². The van der Waals surface area contributed by atoms with E-state index in [-0.39, 0.29) is 0 Å². The molecule has 1 heterocycles. The number of hydrogen-bond donors (Lipinski definition) is 1. The topological polar surface area (TPSA) is 37.5 Å². The lowest BCUT2D eigenvalue weighted by molar-refractivity contribution is 0.567. The number of benzene rings is 1. The van der Waals surface area contributed by atoms with Crippen LogP contribution in [0, 0.1) is 0 Å². The number of para-hydroxylation sites is 1. The molecule has 70 valence electrons. The molecule has 0 aliphatic carbocycles. The molecule has 1 N–H and O–H groups in total. The van der Waals surface area contributed by atoms with Crippen molar-refractivity contribution in [1.29, 1.82) is 0 Å². The minimum Gasteiger partial charge on any atom is -0.472 e. The molecule has 0 unspecified atom stereocenters. The van der Waals surface area contributed by atoms with Crippen molar-refractivity contribution >= 4 is 11.9 Å². The number of hydrazone groups is 1. The Bertz CT molecular complexity index is 392. The quantitative estimate of drug-likeness (QED) is 0.591. The maximum absolute atomic E-state index is 4.90. The van der Waals surface area contributed by atoms with Crippen LogP contribution in [0.2, 0.25) is 0 Å². The predicted molar refractivity (Wildman–Crippen MR) is 56.4 cm³/mol. The molecule has 2 rings (SSSR count). The predicted octanol–water partition coefficient (Wildman–Crippen LogP) is 2.73. The van der Waals surface area contributed by atoms with Gasteiger partial charge in [0.05, 0.1) is 24.4 Å². The molecule has 0 fully saturated rings. The van der Waals surface area contributed by atoms with Gasteiger partial charge in [-0.05, 0) is 18.2 Å². The normalized spacial score (nSPS) is 10.6. The monoisotopic (exact) mass is 186 g/mol. The fourth-order valence-electron chi connectivity index (χ4n) is 1.04. The largest absolute Gasteiger partial charge is 0.472 e. The molecule has 0 atom stereocenters. The highest BCUT2D eigenvalue weighted by Gasteiger charge is 1.87. The number of hydrogen-bond acceptors (Lipinski definition) is 3. The third-order valence-corrected chi connectivity index (χ3v) is 1.72. The molecule has 0 aliphatic rings. The van der Waals surface area contributed by atoms with Crippen LogP contribution in [0.25, 0.3) is 0 Å². The second kappa shape index (κ2) is 4.28. The highest BCUT2D eigenvalue weighted by atomic mass is 16.3. The van der Waals surface area contributed by atoms with E-state index in [4.69, 9.17) is 4.42 Å². The van der Waals surface area contributed by atoms with Gasteiger partial charge in [0.15, 0.2) is 0 Å². The van der Waals surface area contributed by atoms with E-state index < -0.39 is 0 Å². The zero-order valence-electron chi connectivity index (χ0n) is 7.55. The first-order valence-electron chi connectivity index (χ1n) is 4.31. The molecule has 1 aromatic heterocycles. The molecule has 0 saturated heterocycles. The first-order valence-corrected chi connectivity index (χ1v) is 4.31. The minimum atomic E-state index is 0.938. The molecule has 0 bridgehead atoms. The smallest absolute Gasteiger partial charge is 0.0991 e. The maximum atomic E-state index is 4.90. The fourth-order valence-corrected chi connectivity index (χ4v) is 1.04. The third kappa shape index (κ3) is 2.23. The van der Waals surface area contributed by atoms with Crippen LogP contribution < -0.4 is 5.43 Å². The van der Waals surface area contributed by atoms with Gasteiger partial charge >= 0.3 is 0 Å². The summed E-state index contributed by atoms with van der Waals surface area (Å²) in [7, 11) is 0. The van der Waals surface area contributed by atoms with E-state index in [1.165, 1.54) is 0 Å². The van der Waals surface area contributed by atoms with E-state index in [1.807, 2.05) is 36.4 Å². The lowest BCUT2D eigenvalue weighted by Gasteiger charge is -1.96. The van der Waals surface area contributed by atoms with Crippen LogP contribution in [0.15, 0.2) is 58.4 Å². The highest BCUT2D eigenvalue weighted by Crippen LogP contribution is 2.04. The SMILES string of the molecule is C(=N\Nc1ccccc1)/c1ccoc1. The molecule has 14 heavy (non-hydrogen) atoms. The van der Waals surface area contributed by atoms with Crippen LogP contribution in [0.1, 0.15) is 5.56 Å². The highest BCUT2D eigenvalue weighted by molar-refractivity contribution is 5.79. The zero-order valence-corrected chi connectivity index (χ0v) is 7.55. The first kappa shape index (κ1) is 8.56. The molecule has 2 aromatic rings. The van der Waals surface area contributed by atoms with Crippen molar-refractivity contribution in [1.82, 2.24) is 0 Å². The van der Waals surface area contributed by atoms with Crippen molar-refractivity contribution in [2.24, 2.45) is 5.10 Å². The molecule has 0 radical (unpaired) electrons. The fraction of sp³-hybridized carbons (Fsp3) is 0. The molecule has 1 aromatic carbocycles. The number of anilines is 1. The molecule has 0 amide bonds. The van der Waals surface area contributed by atoms with Crippen LogP contribution >= 0.6 is 0 Å². The van der Waals surface area contributed by atoms with Gasteiger partial charge in [0.25, 0.3) is 0 Å². The summed E-state index contributed by atoms with van der Waals surface area (Å²) in [5, 5.41) is 4.05. The molecule has 3 nitrogen and oxygen atoms in total. The summed E-state index contributed by atoms with van der Waals surface area (Å²) in [5.41, 5.74) is 4.81. The lowest BCUT2D eigenvalue weighted by Crippen LogP contribution is -1.88. The van der Waals surface area contributed by atoms with Gasteiger partial charge in [-0.25, -0.2) is 0 Å². The molecular weight excluding hydrogens is 176 g/mol. The summed E-state index contributed by atoms with van der Waals surface area (Å²) in [5.74, 6) is 0. The first-order chi connectivity index (χ1) is 6.95. The third-order valence-electron chi connectivity index (χ3n) is 1.72. The van der Waals surface area contributed by atoms with Gasteiger partial charge in [0, 0.05) is 5.56 Å². The molecule has 0 spiro atoms. The van der Waals surface area contributed by atoms with Gasteiger partial charge in [-0.3, -0.25) is 5.43 Å². The van der Waals surface area contributed by atoms with Crippen molar-refractivity contribution in [3.63, 3.8) is 0 Å². The van der Waals surface area contributed by atoms with E-state index in [1.54, 1.807) is 18.7 Å². The average molecular weight is 186 g/mol. The van der Waals surface area contributed by atoms with E-state index in [0.29, 0.717) is 0 Å². The van der Waals surface area contributed by atoms with Crippen LogP contribution in [0.4, 0.5) is 5.69 Å². The van der Waals surface area contributed by atoms with Crippen molar-refractivity contribution in [2.45, 2.75) is 0 Å². The van der Waals surface area contributed by atoms with Crippen molar-refractivity contribution in [3.05, 3.63) is 54.5 Å². The van der Waals surface area contributed by atoms with Gasteiger partial charge in [0.1, 0.15) is 0 Å². The lowest BCUT2D eigenvalue weighted by atomic mass is 10.3. The second-order valence-electron chi connectivity index (χ2n) is 2.79. The van der Waals surface area contributed by atoms with Crippen molar-refractivity contribution in [2.75, 3.05) is 5.43 Å². The Morgan fingerprint density at radius 2 is 2.00 bits per heavy atom. The van der Waals surface area contributed by atoms with Crippen LogP contribution in [0.5, 0.6) is 0 Å².